The van der Waals surface area contributed by atoms with Crippen LogP contribution >= 0.6 is 0 Å². The van der Waals surface area contributed by atoms with E-state index in [4.69, 9.17) is 9.47 Å². The first-order valence-corrected chi connectivity index (χ1v) is 9.97. The zero-order valence-electron chi connectivity index (χ0n) is 16.0. The van der Waals surface area contributed by atoms with Gasteiger partial charge < -0.3 is 14.8 Å². The van der Waals surface area contributed by atoms with Crippen LogP contribution in [0.1, 0.15) is 39.7 Å². The summed E-state index contributed by atoms with van der Waals surface area (Å²) in [7, 11) is -0.968. The number of nitrogens with one attached hydrogen (secondary N) is 1. The molecule has 26 heavy (non-hydrogen) atoms. The van der Waals surface area contributed by atoms with E-state index in [0.29, 0.717) is 34.7 Å². The molecule has 0 aliphatic carbocycles. The Balaban J connectivity index is 2.74. The molecule has 0 spiro atoms. The number of rotatable bonds is 6. The molecule has 7 nitrogen and oxygen atoms in total. The zero-order valence-corrected chi connectivity index (χ0v) is 16.9. The third-order valence-corrected chi connectivity index (χ3v) is 6.59. The molecule has 1 aromatic carbocycles. The summed E-state index contributed by atoms with van der Waals surface area (Å²) in [4.78, 5) is 12.5. The van der Waals surface area contributed by atoms with E-state index in [9.17, 15) is 13.2 Å². The number of carbonyl (C=O) groups excluding carboxylic acids is 1. The summed E-state index contributed by atoms with van der Waals surface area (Å²) in [5, 5.41) is 2.75. The third kappa shape index (κ3) is 3.25. The number of fused-ring (bicyclic) bond motifs is 1. The maximum absolute atomic E-state index is 13.1. The molecule has 1 atom stereocenters. The van der Waals surface area contributed by atoms with E-state index in [1.165, 1.54) is 18.5 Å². The maximum atomic E-state index is 13.1. The van der Waals surface area contributed by atoms with Gasteiger partial charge in [-0.3, -0.25) is 9.10 Å². The lowest BCUT2D eigenvalue weighted by atomic mass is 10.0. The Morgan fingerprint density at radius 2 is 1.77 bits per heavy atom. The monoisotopic (exact) mass is 382 g/mol. The van der Waals surface area contributed by atoms with Crippen molar-refractivity contribution in [2.24, 2.45) is 0 Å². The second-order valence-corrected chi connectivity index (χ2v) is 7.93. The zero-order chi connectivity index (χ0) is 19.6. The van der Waals surface area contributed by atoms with E-state index in [1.807, 2.05) is 13.8 Å². The van der Waals surface area contributed by atoms with Gasteiger partial charge in [-0.2, -0.15) is 0 Å². The Morgan fingerprint density at radius 3 is 2.27 bits per heavy atom. The Hall–Kier alpha value is -2.22. The molecule has 1 heterocycles. The molecule has 1 unspecified atom stereocenters. The van der Waals surface area contributed by atoms with E-state index in [1.54, 1.807) is 26.0 Å². The van der Waals surface area contributed by atoms with Gasteiger partial charge >= 0.3 is 0 Å². The highest BCUT2D eigenvalue weighted by Crippen LogP contribution is 2.44. The first-order valence-electron chi connectivity index (χ1n) is 8.53. The number of hydrogen-bond donors (Lipinski definition) is 1. The van der Waals surface area contributed by atoms with Crippen molar-refractivity contribution in [1.82, 2.24) is 5.32 Å². The molecule has 0 bridgehead atoms. The summed E-state index contributed by atoms with van der Waals surface area (Å²) in [5.74, 6) is 0.318. The van der Waals surface area contributed by atoms with Crippen molar-refractivity contribution in [3.8, 4) is 11.5 Å². The number of methoxy groups -OCH3 is 2. The summed E-state index contributed by atoms with van der Waals surface area (Å²) in [5.41, 5.74) is 1.50. The van der Waals surface area contributed by atoms with E-state index >= 15 is 0 Å². The Kier molecular flexibility index (Phi) is 5.85. The van der Waals surface area contributed by atoms with Crippen molar-refractivity contribution in [1.29, 1.82) is 0 Å². The standard InChI is InChI=1S/C18H26N2O5S/c1-7-11(3)19-18(21)17-12(4)13-9-15(24-5)16(25-6)10-14(13)20(8-2)26(17,22)23/h9-11H,7-8H2,1-6H3,(H,19,21). The van der Waals surface area contributed by atoms with Crippen LogP contribution in [-0.2, 0) is 14.8 Å². The van der Waals surface area contributed by atoms with Crippen molar-refractivity contribution in [3.63, 3.8) is 0 Å². The number of anilines is 1. The highest BCUT2D eigenvalue weighted by molar-refractivity contribution is 7.97. The number of hydrogen-bond acceptors (Lipinski definition) is 5. The first kappa shape index (κ1) is 20.1. The molecular formula is C18H26N2O5S. The predicted molar refractivity (Wildman–Crippen MR) is 102 cm³/mol. The van der Waals surface area contributed by atoms with Crippen LogP contribution in [0.4, 0.5) is 5.69 Å². The van der Waals surface area contributed by atoms with Gasteiger partial charge in [0.05, 0.1) is 19.9 Å². The summed E-state index contributed by atoms with van der Waals surface area (Å²) < 4.78 is 38.1. The fraction of sp³-hybridized carbons (Fsp3) is 0.500. The van der Waals surface area contributed by atoms with Gasteiger partial charge in [-0.15, -0.1) is 0 Å². The quantitative estimate of drug-likeness (QED) is 0.817. The fourth-order valence-electron chi connectivity index (χ4n) is 2.95. The molecule has 0 saturated heterocycles. The lowest BCUT2D eigenvalue weighted by Gasteiger charge is -2.32. The van der Waals surface area contributed by atoms with Crippen molar-refractivity contribution in [2.75, 3.05) is 25.1 Å². The second-order valence-electron chi connectivity index (χ2n) is 6.13. The van der Waals surface area contributed by atoms with Crippen LogP contribution in [0.3, 0.4) is 0 Å². The smallest absolute Gasteiger partial charge is 0.270 e. The van der Waals surface area contributed by atoms with Gasteiger partial charge in [-0.1, -0.05) is 6.92 Å². The third-order valence-electron chi connectivity index (χ3n) is 4.55. The highest BCUT2D eigenvalue weighted by Gasteiger charge is 2.39. The normalized spacial score (nSPS) is 16.8. The minimum absolute atomic E-state index is 0.125. The van der Waals surface area contributed by atoms with E-state index in [0.717, 1.165) is 0 Å². The van der Waals surface area contributed by atoms with Crippen LogP contribution in [0.25, 0.3) is 5.57 Å². The maximum Gasteiger partial charge on any atom is 0.270 e. The largest absolute Gasteiger partial charge is 0.493 e. The topological polar surface area (TPSA) is 84.9 Å². The molecule has 1 aliphatic rings. The van der Waals surface area contributed by atoms with Crippen molar-refractivity contribution >= 4 is 27.2 Å². The van der Waals surface area contributed by atoms with Crippen LogP contribution in [0.15, 0.2) is 17.0 Å². The Labute approximate surface area is 155 Å². The SMILES string of the molecule is CCC(C)NC(=O)C1=C(C)c2cc(OC)c(OC)cc2N(CC)S1(=O)=O. The molecule has 1 amide bonds. The van der Waals surface area contributed by atoms with Gasteiger partial charge in [0, 0.05) is 24.2 Å². The predicted octanol–water partition coefficient (Wildman–Crippen LogP) is 2.52. The highest BCUT2D eigenvalue weighted by atomic mass is 32.2. The number of nitrogens with zero attached hydrogens (tertiary/aromatic N) is 1. The van der Waals surface area contributed by atoms with Crippen molar-refractivity contribution < 1.29 is 22.7 Å². The molecule has 0 saturated carbocycles. The number of ether oxygens (including phenoxy) is 2. The molecule has 1 aliphatic heterocycles. The molecule has 1 N–H and O–H groups in total. The Morgan fingerprint density at radius 1 is 1.19 bits per heavy atom. The van der Waals surface area contributed by atoms with Gasteiger partial charge in [-0.05, 0) is 38.8 Å². The summed E-state index contributed by atoms with van der Waals surface area (Å²) in [6.45, 7) is 7.32. The second kappa shape index (κ2) is 7.57. The number of allylic oxidation sites excluding steroid dienone is 1. The van der Waals surface area contributed by atoms with Crippen molar-refractivity contribution in [3.05, 3.63) is 22.6 Å². The molecule has 144 valence electrons. The Bertz CT molecular complexity index is 845. The molecule has 0 fully saturated rings. The number of benzene rings is 1. The van der Waals surface area contributed by atoms with Gasteiger partial charge in [0.2, 0.25) is 0 Å². The lowest BCUT2D eigenvalue weighted by molar-refractivity contribution is -0.117. The molecule has 0 radical (unpaired) electrons. The molecule has 2 rings (SSSR count). The number of sulfonamides is 1. The molecular weight excluding hydrogens is 356 g/mol. The van der Waals surface area contributed by atoms with E-state index in [2.05, 4.69) is 5.32 Å². The number of amides is 1. The average molecular weight is 382 g/mol. The van der Waals surface area contributed by atoms with Gasteiger partial charge in [0.25, 0.3) is 15.9 Å². The molecule has 8 heteroatoms. The minimum atomic E-state index is -3.97. The van der Waals surface area contributed by atoms with Crippen LogP contribution in [0.2, 0.25) is 0 Å². The summed E-state index contributed by atoms with van der Waals surface area (Å²) in [6, 6.07) is 3.21. The number of carbonyl (C=O) groups is 1. The van der Waals surface area contributed by atoms with Gasteiger partial charge in [0.1, 0.15) is 0 Å². The van der Waals surface area contributed by atoms with Crippen molar-refractivity contribution in [2.45, 2.75) is 40.2 Å². The summed E-state index contributed by atoms with van der Waals surface area (Å²) in [6.07, 6.45) is 0.706. The van der Waals surface area contributed by atoms with E-state index in [-0.39, 0.29) is 17.5 Å². The van der Waals surface area contributed by atoms with Gasteiger partial charge in [-0.25, -0.2) is 8.42 Å². The molecule has 0 aromatic heterocycles. The summed E-state index contributed by atoms with van der Waals surface area (Å²) >= 11 is 0. The first-order chi connectivity index (χ1) is 12.2. The molecule has 1 aromatic rings. The van der Waals surface area contributed by atoms with E-state index < -0.39 is 15.9 Å². The van der Waals surface area contributed by atoms with Crippen LogP contribution in [0, 0.1) is 0 Å². The van der Waals surface area contributed by atoms with Crippen LogP contribution in [-0.4, -0.2) is 41.1 Å². The van der Waals surface area contributed by atoms with Crippen LogP contribution in [0.5, 0.6) is 11.5 Å². The van der Waals surface area contributed by atoms with Gasteiger partial charge in [0.15, 0.2) is 16.4 Å². The minimum Gasteiger partial charge on any atom is -0.493 e. The van der Waals surface area contributed by atoms with Crippen LogP contribution < -0.4 is 19.1 Å². The fourth-order valence-corrected chi connectivity index (χ4v) is 4.71. The lowest BCUT2D eigenvalue weighted by Crippen LogP contribution is -2.43. The average Bonchev–Trinajstić information content (AvgIpc) is 2.60.